The SMILES string of the molecule is Cc1cccc(N2C(=O)C(=Cc3cc(-c4ccccc4)n(-c4ccc(Cl)cc4)c3-c3ccccc3)C(=O)NC2=S)c1. The first-order chi connectivity index (χ1) is 19.9. The van der Waals surface area contributed by atoms with Gasteiger partial charge in [0.25, 0.3) is 11.8 Å². The van der Waals surface area contributed by atoms with E-state index in [0.717, 1.165) is 33.8 Å². The van der Waals surface area contributed by atoms with Gasteiger partial charge in [0.2, 0.25) is 0 Å². The Morgan fingerprint density at radius 3 is 2.07 bits per heavy atom. The number of amides is 2. The molecule has 2 heterocycles. The second-order valence-corrected chi connectivity index (χ2v) is 10.5. The molecule has 0 bridgehead atoms. The quantitative estimate of drug-likeness (QED) is 0.134. The van der Waals surface area contributed by atoms with Crippen molar-refractivity contribution in [1.29, 1.82) is 0 Å². The van der Waals surface area contributed by atoms with Crippen molar-refractivity contribution >= 4 is 52.5 Å². The van der Waals surface area contributed by atoms with Crippen molar-refractivity contribution in [1.82, 2.24) is 9.88 Å². The minimum absolute atomic E-state index is 0.00912. The fourth-order valence-corrected chi connectivity index (χ4v) is 5.43. The smallest absolute Gasteiger partial charge is 0.270 e. The molecule has 5 aromatic rings. The summed E-state index contributed by atoms with van der Waals surface area (Å²) in [4.78, 5) is 28.5. The van der Waals surface area contributed by atoms with Crippen LogP contribution in [0.3, 0.4) is 0 Å². The monoisotopic (exact) mass is 573 g/mol. The second kappa shape index (κ2) is 11.0. The Morgan fingerprint density at radius 2 is 1.41 bits per heavy atom. The predicted octanol–water partition coefficient (Wildman–Crippen LogP) is 7.60. The average molecular weight is 574 g/mol. The molecule has 1 aromatic heterocycles. The van der Waals surface area contributed by atoms with Crippen LogP contribution in [0, 0.1) is 6.92 Å². The molecule has 200 valence electrons. The Balaban J connectivity index is 1.60. The Kier molecular flexibility index (Phi) is 7.10. The summed E-state index contributed by atoms with van der Waals surface area (Å²) in [5.74, 6) is -1.02. The van der Waals surface area contributed by atoms with Gasteiger partial charge in [-0.15, -0.1) is 0 Å². The molecule has 41 heavy (non-hydrogen) atoms. The van der Waals surface area contributed by atoms with Gasteiger partial charge in [-0.2, -0.15) is 0 Å². The van der Waals surface area contributed by atoms with E-state index in [1.807, 2.05) is 116 Å². The van der Waals surface area contributed by atoms with E-state index < -0.39 is 11.8 Å². The highest BCUT2D eigenvalue weighted by Gasteiger charge is 2.35. The molecular weight excluding hydrogens is 550 g/mol. The van der Waals surface area contributed by atoms with Crippen LogP contribution in [0.4, 0.5) is 5.69 Å². The van der Waals surface area contributed by atoms with Gasteiger partial charge in [0.1, 0.15) is 5.57 Å². The highest BCUT2D eigenvalue weighted by atomic mass is 35.5. The lowest BCUT2D eigenvalue weighted by Crippen LogP contribution is -2.54. The number of nitrogens with one attached hydrogen (secondary N) is 1. The molecular formula is C34H24ClN3O2S. The molecule has 1 N–H and O–H groups in total. The topological polar surface area (TPSA) is 54.3 Å². The summed E-state index contributed by atoms with van der Waals surface area (Å²) >= 11 is 11.7. The lowest BCUT2D eigenvalue weighted by atomic mass is 10.0. The van der Waals surface area contributed by atoms with Gasteiger partial charge in [-0.1, -0.05) is 84.4 Å². The summed E-state index contributed by atoms with van der Waals surface area (Å²) in [6, 6.07) is 36.9. The normalized spacial score (nSPS) is 14.4. The number of aromatic nitrogens is 1. The largest absolute Gasteiger partial charge is 0.309 e. The van der Waals surface area contributed by atoms with Crippen molar-refractivity contribution in [2.24, 2.45) is 0 Å². The Labute approximate surface area is 248 Å². The van der Waals surface area contributed by atoms with Crippen LogP contribution in [0.2, 0.25) is 5.02 Å². The van der Waals surface area contributed by atoms with Crippen LogP contribution < -0.4 is 10.2 Å². The predicted molar refractivity (Wildman–Crippen MR) is 169 cm³/mol. The van der Waals surface area contributed by atoms with Crippen molar-refractivity contribution < 1.29 is 9.59 Å². The Morgan fingerprint density at radius 1 is 0.756 bits per heavy atom. The molecule has 0 spiro atoms. The number of hydrogen-bond acceptors (Lipinski definition) is 3. The van der Waals surface area contributed by atoms with Crippen LogP contribution >= 0.6 is 23.8 Å². The van der Waals surface area contributed by atoms with Gasteiger partial charge >= 0.3 is 0 Å². The van der Waals surface area contributed by atoms with E-state index in [-0.39, 0.29) is 10.7 Å². The van der Waals surface area contributed by atoms with Crippen LogP contribution in [0.15, 0.2) is 121 Å². The molecule has 0 saturated carbocycles. The third-order valence-corrected chi connectivity index (χ3v) is 7.43. The number of carbonyl (C=O) groups excluding carboxylic acids is 2. The van der Waals surface area contributed by atoms with Crippen LogP contribution in [-0.2, 0) is 9.59 Å². The van der Waals surface area contributed by atoms with E-state index in [4.69, 9.17) is 23.8 Å². The van der Waals surface area contributed by atoms with E-state index in [9.17, 15) is 9.59 Å². The first kappa shape index (κ1) is 26.4. The zero-order valence-electron chi connectivity index (χ0n) is 22.0. The standard InChI is InChI=1S/C34H24ClN3O2S/c1-22-9-8-14-28(19-22)38-33(40)29(32(39)36-34(38)41)20-25-21-30(23-10-4-2-5-11-23)37(27-17-15-26(35)16-18-27)31(25)24-12-6-3-7-13-24/h2-21H,1H3,(H,36,39,41). The molecule has 0 atom stereocenters. The maximum atomic E-state index is 13.9. The lowest BCUT2D eigenvalue weighted by molar-refractivity contribution is -0.122. The van der Waals surface area contributed by atoms with Gasteiger partial charge in [-0.05, 0) is 84.4 Å². The van der Waals surface area contributed by atoms with Crippen molar-refractivity contribution in [3.63, 3.8) is 0 Å². The molecule has 0 aliphatic carbocycles. The summed E-state index contributed by atoms with van der Waals surface area (Å²) < 4.78 is 2.13. The summed E-state index contributed by atoms with van der Waals surface area (Å²) in [6.45, 7) is 1.94. The van der Waals surface area contributed by atoms with Gasteiger partial charge in [0, 0.05) is 16.3 Å². The number of halogens is 1. The third-order valence-electron chi connectivity index (χ3n) is 6.89. The first-order valence-electron chi connectivity index (χ1n) is 13.0. The molecule has 5 nitrogen and oxygen atoms in total. The van der Waals surface area contributed by atoms with Crippen LogP contribution in [0.5, 0.6) is 0 Å². The van der Waals surface area contributed by atoms with Gasteiger partial charge in [0.15, 0.2) is 5.11 Å². The van der Waals surface area contributed by atoms with E-state index in [2.05, 4.69) is 9.88 Å². The van der Waals surface area contributed by atoms with E-state index >= 15 is 0 Å². The number of thiocarbonyl (C=S) groups is 1. The van der Waals surface area contributed by atoms with E-state index in [1.54, 1.807) is 12.1 Å². The molecule has 0 unspecified atom stereocenters. The van der Waals surface area contributed by atoms with Crippen molar-refractivity contribution in [3.05, 3.63) is 137 Å². The minimum Gasteiger partial charge on any atom is -0.309 e. The van der Waals surface area contributed by atoms with Gasteiger partial charge in [-0.3, -0.25) is 19.8 Å². The maximum Gasteiger partial charge on any atom is 0.270 e. The number of benzene rings is 4. The van der Waals surface area contributed by atoms with Gasteiger partial charge in [0.05, 0.1) is 17.1 Å². The van der Waals surface area contributed by atoms with Gasteiger partial charge in [-0.25, -0.2) is 0 Å². The van der Waals surface area contributed by atoms with E-state index in [1.165, 1.54) is 4.90 Å². The summed E-state index contributed by atoms with van der Waals surface area (Å²) in [5.41, 5.74) is 6.78. The molecule has 6 rings (SSSR count). The first-order valence-corrected chi connectivity index (χ1v) is 13.8. The minimum atomic E-state index is -0.539. The molecule has 2 amide bonds. The second-order valence-electron chi connectivity index (χ2n) is 9.67. The Hall–Kier alpha value is -4.78. The zero-order chi connectivity index (χ0) is 28.5. The summed E-state index contributed by atoms with van der Waals surface area (Å²) in [7, 11) is 0. The highest BCUT2D eigenvalue weighted by Crippen LogP contribution is 2.38. The van der Waals surface area contributed by atoms with Gasteiger partial charge < -0.3 is 4.57 Å². The van der Waals surface area contributed by atoms with E-state index in [0.29, 0.717) is 16.3 Å². The average Bonchev–Trinajstić information content (AvgIpc) is 3.36. The highest BCUT2D eigenvalue weighted by molar-refractivity contribution is 7.80. The summed E-state index contributed by atoms with van der Waals surface area (Å²) in [5, 5.41) is 3.38. The van der Waals surface area contributed by atoms with Crippen LogP contribution in [-0.4, -0.2) is 21.5 Å². The Bertz CT molecular complexity index is 1830. The maximum absolute atomic E-state index is 13.9. The third kappa shape index (κ3) is 5.11. The zero-order valence-corrected chi connectivity index (χ0v) is 23.6. The number of rotatable bonds is 5. The molecule has 7 heteroatoms. The van der Waals surface area contributed by atoms with Crippen LogP contribution in [0.25, 0.3) is 34.3 Å². The molecule has 1 fully saturated rings. The molecule has 1 aliphatic rings. The number of hydrogen-bond donors (Lipinski definition) is 1. The lowest BCUT2D eigenvalue weighted by Gasteiger charge is -2.29. The molecule has 0 radical (unpaired) electrons. The molecule has 1 aliphatic heterocycles. The fraction of sp³-hybridized carbons (Fsp3) is 0.0294. The number of carbonyl (C=O) groups is 2. The van der Waals surface area contributed by atoms with Crippen molar-refractivity contribution in [3.8, 4) is 28.2 Å². The van der Waals surface area contributed by atoms with Crippen LogP contribution in [0.1, 0.15) is 11.1 Å². The number of aryl methyl sites for hydroxylation is 1. The summed E-state index contributed by atoms with van der Waals surface area (Å²) in [6.07, 6.45) is 1.66. The molecule has 1 saturated heterocycles. The number of anilines is 1. The molecule has 4 aromatic carbocycles. The van der Waals surface area contributed by atoms with Crippen molar-refractivity contribution in [2.45, 2.75) is 6.92 Å². The van der Waals surface area contributed by atoms with Crippen molar-refractivity contribution in [2.75, 3.05) is 4.90 Å². The number of nitrogens with zero attached hydrogens (tertiary/aromatic N) is 2. The fourth-order valence-electron chi connectivity index (χ4n) is 5.03.